The number of aliphatic carboxylic acids is 1. The Kier molecular flexibility index (Phi) is 9.35. The maximum absolute atomic E-state index is 11.5. The minimum atomic E-state index is -0.847. The predicted molar refractivity (Wildman–Crippen MR) is 138 cm³/mol. The standard InChI is InChI=1S/C27H38N4O5/c1-3-10-31(23-8-11-35-12-9-23)25-7-6-20(21(18-34-2)14-26(32)33)13-24(25)30-22-15-28-27(29-16-22)36-17-19-4-5-19/h6-7,13,15-16,19,21,23,30H,3-5,8-12,14,17-18H2,1-2H3,(H,32,33)/t21-/m1/s1. The Morgan fingerprint density at radius 2 is 1.97 bits per heavy atom. The number of anilines is 3. The maximum Gasteiger partial charge on any atom is 0.316 e. The van der Waals surface area contributed by atoms with E-state index in [2.05, 4.69) is 33.2 Å². The van der Waals surface area contributed by atoms with Crippen molar-refractivity contribution in [2.75, 3.05) is 50.3 Å². The number of carboxylic acid groups (broad SMARTS) is 1. The van der Waals surface area contributed by atoms with Crippen LogP contribution in [0.15, 0.2) is 30.6 Å². The number of carboxylic acids is 1. The molecule has 9 nitrogen and oxygen atoms in total. The Hall–Kier alpha value is -2.91. The molecule has 4 rings (SSSR count). The van der Waals surface area contributed by atoms with Crippen LogP contribution < -0.4 is 15.0 Å². The molecule has 1 aromatic heterocycles. The molecule has 2 N–H and O–H groups in total. The molecular weight excluding hydrogens is 460 g/mol. The number of nitrogens with one attached hydrogen (secondary N) is 1. The molecule has 2 aliphatic rings. The number of benzene rings is 1. The zero-order chi connectivity index (χ0) is 25.3. The summed E-state index contributed by atoms with van der Waals surface area (Å²) >= 11 is 0. The van der Waals surface area contributed by atoms with Gasteiger partial charge in [0.25, 0.3) is 0 Å². The van der Waals surface area contributed by atoms with Gasteiger partial charge in [0.05, 0.1) is 49.1 Å². The maximum atomic E-state index is 11.5. The van der Waals surface area contributed by atoms with Gasteiger partial charge in [0, 0.05) is 38.8 Å². The van der Waals surface area contributed by atoms with Crippen LogP contribution in [0, 0.1) is 5.92 Å². The fourth-order valence-electron chi connectivity index (χ4n) is 4.67. The Balaban J connectivity index is 1.63. The monoisotopic (exact) mass is 498 g/mol. The Labute approximate surface area is 213 Å². The van der Waals surface area contributed by atoms with Gasteiger partial charge in [-0.25, -0.2) is 9.97 Å². The third-order valence-electron chi connectivity index (χ3n) is 6.74. The number of carbonyl (C=O) groups is 1. The summed E-state index contributed by atoms with van der Waals surface area (Å²) in [5.74, 6) is -0.461. The van der Waals surface area contributed by atoms with E-state index in [0.717, 1.165) is 61.6 Å². The second-order valence-corrected chi connectivity index (χ2v) is 9.70. The smallest absolute Gasteiger partial charge is 0.316 e. The zero-order valence-corrected chi connectivity index (χ0v) is 21.3. The minimum Gasteiger partial charge on any atom is -0.481 e. The lowest BCUT2D eigenvalue weighted by Gasteiger charge is -2.37. The Bertz CT molecular complexity index is 977. The predicted octanol–water partition coefficient (Wildman–Crippen LogP) is 4.61. The molecule has 0 bridgehead atoms. The molecule has 1 saturated heterocycles. The van der Waals surface area contributed by atoms with Gasteiger partial charge >= 0.3 is 12.0 Å². The molecule has 1 saturated carbocycles. The van der Waals surface area contributed by atoms with Crippen molar-refractivity contribution in [3.63, 3.8) is 0 Å². The van der Waals surface area contributed by atoms with Crippen LogP contribution >= 0.6 is 0 Å². The third-order valence-corrected chi connectivity index (χ3v) is 6.74. The highest BCUT2D eigenvalue weighted by Gasteiger charge is 2.25. The van der Waals surface area contributed by atoms with E-state index in [1.165, 1.54) is 12.8 Å². The Morgan fingerprint density at radius 3 is 2.61 bits per heavy atom. The molecule has 2 aromatic rings. The topological polar surface area (TPSA) is 106 Å². The van der Waals surface area contributed by atoms with Crippen molar-refractivity contribution in [2.45, 2.75) is 57.4 Å². The highest BCUT2D eigenvalue weighted by molar-refractivity contribution is 5.77. The molecule has 1 atom stereocenters. The van der Waals surface area contributed by atoms with Crippen molar-refractivity contribution in [3.05, 3.63) is 36.2 Å². The molecule has 1 aliphatic carbocycles. The molecule has 1 aliphatic heterocycles. The van der Waals surface area contributed by atoms with Gasteiger partial charge in [0.1, 0.15) is 0 Å². The minimum absolute atomic E-state index is 0.00139. The molecule has 196 valence electrons. The van der Waals surface area contributed by atoms with Crippen LogP contribution in [0.5, 0.6) is 6.01 Å². The van der Waals surface area contributed by atoms with E-state index < -0.39 is 5.97 Å². The number of rotatable bonds is 14. The quantitative estimate of drug-likeness (QED) is 0.386. The second kappa shape index (κ2) is 12.9. The fraction of sp³-hybridized carbons (Fsp3) is 0.593. The summed E-state index contributed by atoms with van der Waals surface area (Å²) in [5.41, 5.74) is 3.64. The van der Waals surface area contributed by atoms with Crippen molar-refractivity contribution >= 4 is 23.0 Å². The highest BCUT2D eigenvalue weighted by Crippen LogP contribution is 2.36. The molecule has 9 heteroatoms. The van der Waals surface area contributed by atoms with E-state index in [0.29, 0.717) is 31.2 Å². The second-order valence-electron chi connectivity index (χ2n) is 9.70. The third kappa shape index (κ3) is 7.30. The van der Waals surface area contributed by atoms with E-state index in [-0.39, 0.29) is 12.3 Å². The van der Waals surface area contributed by atoms with E-state index in [1.54, 1.807) is 19.5 Å². The van der Waals surface area contributed by atoms with E-state index in [4.69, 9.17) is 14.2 Å². The molecule has 0 radical (unpaired) electrons. The van der Waals surface area contributed by atoms with Crippen LogP contribution in [0.1, 0.15) is 56.9 Å². The molecule has 36 heavy (non-hydrogen) atoms. The first-order chi connectivity index (χ1) is 17.6. The highest BCUT2D eigenvalue weighted by atomic mass is 16.5. The molecule has 2 fully saturated rings. The molecule has 0 amide bonds. The van der Waals surface area contributed by atoms with Gasteiger partial charge in [0.2, 0.25) is 0 Å². The molecule has 0 spiro atoms. The lowest BCUT2D eigenvalue weighted by atomic mass is 9.94. The number of methoxy groups -OCH3 is 1. The first-order valence-electron chi connectivity index (χ1n) is 13.0. The normalized spacial score (nSPS) is 16.9. The van der Waals surface area contributed by atoms with Gasteiger partial charge < -0.3 is 29.5 Å². The number of hydrogen-bond acceptors (Lipinski definition) is 8. The number of nitrogens with zero attached hydrogens (tertiary/aromatic N) is 3. The summed E-state index contributed by atoms with van der Waals surface area (Å²) in [6, 6.07) is 6.94. The number of hydrogen-bond donors (Lipinski definition) is 2. The van der Waals surface area contributed by atoms with Crippen LogP contribution in [0.25, 0.3) is 0 Å². The summed E-state index contributed by atoms with van der Waals surface area (Å²) in [6.45, 7) is 5.62. The van der Waals surface area contributed by atoms with Gasteiger partial charge in [-0.15, -0.1) is 0 Å². The summed E-state index contributed by atoms with van der Waals surface area (Å²) in [6.07, 6.45) is 8.85. The van der Waals surface area contributed by atoms with E-state index in [1.807, 2.05) is 12.1 Å². The van der Waals surface area contributed by atoms with E-state index in [9.17, 15) is 9.90 Å². The zero-order valence-electron chi connectivity index (χ0n) is 21.3. The van der Waals surface area contributed by atoms with Crippen LogP contribution in [0.4, 0.5) is 17.1 Å². The summed E-state index contributed by atoms with van der Waals surface area (Å²) < 4.78 is 16.6. The Morgan fingerprint density at radius 1 is 1.22 bits per heavy atom. The van der Waals surface area contributed by atoms with Crippen molar-refractivity contribution in [3.8, 4) is 6.01 Å². The SMILES string of the molecule is CCCN(c1ccc([C@@H](COC)CC(=O)O)cc1Nc1cnc(OCC2CC2)nc1)C1CCOCC1. The van der Waals surface area contributed by atoms with Crippen molar-refractivity contribution < 1.29 is 24.1 Å². The average molecular weight is 499 g/mol. The van der Waals surface area contributed by atoms with Gasteiger partial charge in [-0.05, 0) is 55.7 Å². The van der Waals surface area contributed by atoms with Gasteiger partial charge in [-0.2, -0.15) is 0 Å². The van der Waals surface area contributed by atoms with Crippen molar-refractivity contribution in [1.29, 1.82) is 0 Å². The average Bonchev–Trinajstić information content (AvgIpc) is 3.72. The summed E-state index contributed by atoms with van der Waals surface area (Å²) in [5, 5.41) is 13.0. The molecule has 0 unspecified atom stereocenters. The first-order valence-corrected chi connectivity index (χ1v) is 13.0. The number of ether oxygens (including phenoxy) is 3. The largest absolute Gasteiger partial charge is 0.481 e. The van der Waals surface area contributed by atoms with E-state index >= 15 is 0 Å². The van der Waals surface area contributed by atoms with Gasteiger partial charge in [-0.1, -0.05) is 13.0 Å². The van der Waals surface area contributed by atoms with Crippen LogP contribution in [-0.4, -0.2) is 67.2 Å². The summed E-state index contributed by atoms with van der Waals surface area (Å²) in [7, 11) is 1.60. The van der Waals surface area contributed by atoms with Crippen molar-refractivity contribution in [2.24, 2.45) is 5.92 Å². The fourth-order valence-corrected chi connectivity index (χ4v) is 4.67. The molecule has 2 heterocycles. The van der Waals surface area contributed by atoms with Crippen LogP contribution in [0.2, 0.25) is 0 Å². The van der Waals surface area contributed by atoms with Gasteiger partial charge in [-0.3, -0.25) is 4.79 Å². The van der Waals surface area contributed by atoms with Gasteiger partial charge in [0.15, 0.2) is 0 Å². The lowest BCUT2D eigenvalue weighted by Crippen LogP contribution is -2.40. The lowest BCUT2D eigenvalue weighted by molar-refractivity contribution is -0.137. The van der Waals surface area contributed by atoms with Crippen LogP contribution in [-0.2, 0) is 14.3 Å². The molecular formula is C27H38N4O5. The van der Waals surface area contributed by atoms with Crippen molar-refractivity contribution in [1.82, 2.24) is 9.97 Å². The molecule has 1 aromatic carbocycles. The number of aromatic nitrogens is 2. The van der Waals surface area contributed by atoms with Crippen LogP contribution in [0.3, 0.4) is 0 Å². The summed E-state index contributed by atoms with van der Waals surface area (Å²) in [4.78, 5) is 22.7. The first kappa shape index (κ1) is 26.2.